The third-order valence-electron chi connectivity index (χ3n) is 2.39. The number of nitriles is 1. The molecule has 90 valence electrons. The van der Waals surface area contributed by atoms with Gasteiger partial charge in [0.1, 0.15) is 23.9 Å². The van der Waals surface area contributed by atoms with E-state index >= 15 is 0 Å². The lowest BCUT2D eigenvalue weighted by Gasteiger charge is -2.07. The average molecular weight is 243 g/mol. The maximum atomic E-state index is 13.4. The number of hydrogen-bond acceptors (Lipinski definition) is 3. The molecule has 3 nitrogen and oxygen atoms in total. The smallest absolute Gasteiger partial charge is 0.129 e. The Bertz CT molecular complexity index is 605. The summed E-state index contributed by atoms with van der Waals surface area (Å²) in [5.41, 5.74) is 0.684. The van der Waals surface area contributed by atoms with Crippen molar-refractivity contribution in [3.8, 4) is 17.6 Å². The zero-order valence-electron chi connectivity index (χ0n) is 9.43. The number of rotatable bonds is 3. The van der Waals surface area contributed by atoms with E-state index < -0.39 is 5.82 Å². The van der Waals surface area contributed by atoms with Crippen molar-refractivity contribution >= 4 is 0 Å². The van der Waals surface area contributed by atoms with Gasteiger partial charge in [-0.15, -0.1) is 0 Å². The van der Waals surface area contributed by atoms with Crippen LogP contribution in [0, 0.1) is 17.1 Å². The molecular formula is C14H10FNO2. The Morgan fingerprint density at radius 3 is 2.78 bits per heavy atom. The number of halogens is 1. The van der Waals surface area contributed by atoms with Gasteiger partial charge in [0.2, 0.25) is 0 Å². The first-order valence-electron chi connectivity index (χ1n) is 5.29. The molecule has 0 fully saturated rings. The minimum Gasteiger partial charge on any atom is -0.508 e. The summed E-state index contributed by atoms with van der Waals surface area (Å²) in [5, 5.41) is 18.0. The molecule has 0 saturated carbocycles. The van der Waals surface area contributed by atoms with Crippen LogP contribution in [0.5, 0.6) is 11.5 Å². The number of benzene rings is 2. The Labute approximate surface area is 104 Å². The molecule has 2 aromatic rings. The number of phenols is 1. The number of hydrogen-bond donors (Lipinski definition) is 1. The van der Waals surface area contributed by atoms with Crippen LogP contribution in [0.3, 0.4) is 0 Å². The van der Waals surface area contributed by atoms with Crippen molar-refractivity contribution in [1.29, 1.82) is 5.26 Å². The van der Waals surface area contributed by atoms with E-state index in [1.54, 1.807) is 12.1 Å². The molecule has 0 heterocycles. The SMILES string of the molecule is N#Cc1ccc(F)c(COc2cccc(O)c2)c1. The summed E-state index contributed by atoms with van der Waals surface area (Å²) in [7, 11) is 0. The molecule has 0 aromatic heterocycles. The van der Waals surface area contributed by atoms with Crippen molar-refractivity contribution in [1.82, 2.24) is 0 Å². The monoisotopic (exact) mass is 243 g/mol. The molecule has 0 atom stereocenters. The molecule has 2 aromatic carbocycles. The van der Waals surface area contributed by atoms with E-state index in [2.05, 4.69) is 0 Å². The van der Waals surface area contributed by atoms with Crippen molar-refractivity contribution in [3.63, 3.8) is 0 Å². The highest BCUT2D eigenvalue weighted by Gasteiger charge is 2.05. The Balaban J connectivity index is 2.13. The Morgan fingerprint density at radius 2 is 2.06 bits per heavy atom. The fourth-order valence-electron chi connectivity index (χ4n) is 1.49. The van der Waals surface area contributed by atoms with Crippen LogP contribution in [-0.4, -0.2) is 5.11 Å². The van der Waals surface area contributed by atoms with Crippen molar-refractivity contribution in [3.05, 3.63) is 59.4 Å². The van der Waals surface area contributed by atoms with Crippen molar-refractivity contribution in [2.75, 3.05) is 0 Å². The van der Waals surface area contributed by atoms with Crippen LogP contribution in [0.4, 0.5) is 4.39 Å². The summed E-state index contributed by atoms with van der Waals surface area (Å²) < 4.78 is 18.8. The van der Waals surface area contributed by atoms with Gasteiger partial charge in [0.15, 0.2) is 0 Å². The van der Waals surface area contributed by atoms with E-state index in [1.807, 2.05) is 6.07 Å². The molecular weight excluding hydrogens is 233 g/mol. The topological polar surface area (TPSA) is 53.2 Å². The molecule has 0 aliphatic heterocycles. The fourth-order valence-corrected chi connectivity index (χ4v) is 1.49. The number of aromatic hydroxyl groups is 1. The highest BCUT2D eigenvalue weighted by molar-refractivity contribution is 5.35. The Morgan fingerprint density at radius 1 is 1.22 bits per heavy atom. The predicted molar refractivity (Wildman–Crippen MR) is 63.6 cm³/mol. The van der Waals surface area contributed by atoms with Gasteiger partial charge in [-0.3, -0.25) is 0 Å². The van der Waals surface area contributed by atoms with Crippen LogP contribution in [0.2, 0.25) is 0 Å². The van der Waals surface area contributed by atoms with Gasteiger partial charge >= 0.3 is 0 Å². The summed E-state index contributed by atoms with van der Waals surface area (Å²) in [6.45, 7) is 0.00477. The first kappa shape index (κ1) is 11.9. The Hall–Kier alpha value is -2.54. The summed E-state index contributed by atoms with van der Waals surface area (Å²) in [5.74, 6) is 0.102. The molecule has 0 saturated heterocycles. The molecule has 0 unspecified atom stereocenters. The summed E-state index contributed by atoms with van der Waals surface area (Å²) in [4.78, 5) is 0. The quantitative estimate of drug-likeness (QED) is 0.901. The molecule has 0 aliphatic carbocycles. The standard InChI is InChI=1S/C14H10FNO2/c15-14-5-4-10(8-16)6-11(14)9-18-13-3-1-2-12(17)7-13/h1-7,17H,9H2. The number of ether oxygens (including phenoxy) is 1. The maximum Gasteiger partial charge on any atom is 0.129 e. The summed E-state index contributed by atoms with van der Waals surface area (Å²) in [6.07, 6.45) is 0. The molecule has 0 spiro atoms. The second-order valence-electron chi connectivity index (χ2n) is 3.70. The second kappa shape index (κ2) is 5.19. The third kappa shape index (κ3) is 2.77. The first-order valence-corrected chi connectivity index (χ1v) is 5.29. The largest absolute Gasteiger partial charge is 0.508 e. The van der Waals surface area contributed by atoms with Crippen LogP contribution in [0.15, 0.2) is 42.5 Å². The van der Waals surface area contributed by atoms with Crippen LogP contribution in [0.1, 0.15) is 11.1 Å². The van der Waals surface area contributed by atoms with E-state index in [-0.39, 0.29) is 12.4 Å². The molecule has 1 N–H and O–H groups in total. The molecule has 0 aliphatic rings. The van der Waals surface area contributed by atoms with E-state index in [0.717, 1.165) is 0 Å². The molecule has 0 radical (unpaired) electrons. The normalized spacial score (nSPS) is 9.78. The van der Waals surface area contributed by atoms with E-state index in [4.69, 9.17) is 10.00 Å². The van der Waals surface area contributed by atoms with E-state index in [0.29, 0.717) is 16.9 Å². The van der Waals surface area contributed by atoms with Crippen LogP contribution in [-0.2, 0) is 6.61 Å². The lowest BCUT2D eigenvalue weighted by atomic mass is 10.1. The van der Waals surface area contributed by atoms with E-state index in [1.165, 1.54) is 30.3 Å². The van der Waals surface area contributed by atoms with E-state index in [9.17, 15) is 9.50 Å². The molecule has 18 heavy (non-hydrogen) atoms. The highest BCUT2D eigenvalue weighted by atomic mass is 19.1. The average Bonchev–Trinajstić information content (AvgIpc) is 2.38. The van der Waals surface area contributed by atoms with Gasteiger partial charge in [-0.2, -0.15) is 5.26 Å². The summed E-state index contributed by atoms with van der Waals surface area (Å²) in [6, 6.07) is 12.3. The summed E-state index contributed by atoms with van der Waals surface area (Å²) >= 11 is 0. The van der Waals surface area contributed by atoms with Gasteiger partial charge in [0.25, 0.3) is 0 Å². The van der Waals surface area contributed by atoms with Gasteiger partial charge < -0.3 is 9.84 Å². The second-order valence-corrected chi connectivity index (χ2v) is 3.70. The van der Waals surface area contributed by atoms with Gasteiger partial charge in [-0.05, 0) is 30.3 Å². The van der Waals surface area contributed by atoms with Gasteiger partial charge in [0.05, 0.1) is 11.6 Å². The fraction of sp³-hybridized carbons (Fsp3) is 0.0714. The zero-order chi connectivity index (χ0) is 13.0. The van der Waals surface area contributed by atoms with Crippen molar-refractivity contribution in [2.24, 2.45) is 0 Å². The number of nitrogens with zero attached hydrogens (tertiary/aromatic N) is 1. The van der Waals surface area contributed by atoms with Crippen LogP contribution >= 0.6 is 0 Å². The Kier molecular flexibility index (Phi) is 3.44. The minimum atomic E-state index is -0.422. The molecule has 2 rings (SSSR count). The van der Waals surface area contributed by atoms with Crippen LogP contribution in [0.25, 0.3) is 0 Å². The lowest BCUT2D eigenvalue weighted by Crippen LogP contribution is -1.99. The molecule has 0 amide bonds. The van der Waals surface area contributed by atoms with Crippen LogP contribution < -0.4 is 4.74 Å². The van der Waals surface area contributed by atoms with Gasteiger partial charge in [-0.25, -0.2) is 4.39 Å². The highest BCUT2D eigenvalue weighted by Crippen LogP contribution is 2.20. The third-order valence-corrected chi connectivity index (χ3v) is 2.39. The maximum absolute atomic E-state index is 13.4. The van der Waals surface area contributed by atoms with Crippen molar-refractivity contribution < 1.29 is 14.2 Å². The molecule has 4 heteroatoms. The van der Waals surface area contributed by atoms with Gasteiger partial charge in [-0.1, -0.05) is 6.07 Å². The van der Waals surface area contributed by atoms with Crippen molar-refractivity contribution in [2.45, 2.75) is 6.61 Å². The minimum absolute atomic E-state index is 0.00477. The first-order chi connectivity index (χ1) is 8.69. The van der Waals surface area contributed by atoms with Gasteiger partial charge in [0, 0.05) is 11.6 Å². The lowest BCUT2D eigenvalue weighted by molar-refractivity contribution is 0.298. The molecule has 0 bridgehead atoms. The number of phenolic OH excluding ortho intramolecular Hbond substituents is 1. The zero-order valence-corrected chi connectivity index (χ0v) is 9.43. The predicted octanol–water partition coefficient (Wildman–Crippen LogP) is 2.98.